The van der Waals surface area contributed by atoms with E-state index in [9.17, 15) is 0 Å². The Morgan fingerprint density at radius 3 is 2.58 bits per heavy atom. The Bertz CT molecular complexity index is 394. The molecule has 0 aromatic heterocycles. The summed E-state index contributed by atoms with van der Waals surface area (Å²) in [5, 5.41) is 3.34. The molecule has 0 fully saturated rings. The zero-order chi connectivity index (χ0) is 13.7. The first-order valence-electron chi connectivity index (χ1n) is 7.82. The number of fused-ring (bicyclic) bond motifs is 1. The topological polar surface area (TPSA) is 15.3 Å². The lowest BCUT2D eigenvalue weighted by Crippen LogP contribution is -2.40. The molecule has 2 heteroatoms. The first kappa shape index (κ1) is 14.4. The van der Waals surface area contributed by atoms with Gasteiger partial charge in [-0.25, -0.2) is 0 Å². The molecule has 1 atom stereocenters. The van der Waals surface area contributed by atoms with Crippen molar-refractivity contribution in [1.29, 1.82) is 0 Å². The number of benzene rings is 1. The van der Waals surface area contributed by atoms with E-state index in [-0.39, 0.29) is 0 Å². The van der Waals surface area contributed by atoms with Crippen LogP contribution >= 0.6 is 0 Å². The fourth-order valence-corrected chi connectivity index (χ4v) is 3.39. The zero-order valence-corrected chi connectivity index (χ0v) is 12.7. The molecule has 0 bridgehead atoms. The average Bonchev–Trinajstić information content (AvgIpc) is 2.45. The summed E-state index contributed by atoms with van der Waals surface area (Å²) in [5.41, 5.74) is 4.43. The molecule has 0 aliphatic heterocycles. The van der Waals surface area contributed by atoms with Gasteiger partial charge in [-0.3, -0.25) is 0 Å². The lowest BCUT2D eigenvalue weighted by molar-refractivity contribution is 0.180. The summed E-state index contributed by atoms with van der Waals surface area (Å²) in [6.45, 7) is 7.08. The molecule has 1 aliphatic carbocycles. The van der Waals surface area contributed by atoms with Crippen LogP contribution in [0.25, 0.3) is 0 Å². The van der Waals surface area contributed by atoms with Crippen LogP contribution in [0, 0.1) is 0 Å². The lowest BCUT2D eigenvalue weighted by atomic mass is 9.86. The van der Waals surface area contributed by atoms with Crippen molar-refractivity contribution < 1.29 is 0 Å². The van der Waals surface area contributed by atoms with Gasteiger partial charge < -0.3 is 10.2 Å². The molecule has 1 aromatic carbocycles. The van der Waals surface area contributed by atoms with Crippen LogP contribution in [0.3, 0.4) is 0 Å². The number of nitrogens with zero attached hydrogens (tertiary/aromatic N) is 1. The van der Waals surface area contributed by atoms with Crippen LogP contribution in [0.15, 0.2) is 18.2 Å². The van der Waals surface area contributed by atoms with E-state index in [2.05, 4.69) is 42.3 Å². The summed E-state index contributed by atoms with van der Waals surface area (Å²) in [5.74, 6) is 0. The van der Waals surface area contributed by atoms with Gasteiger partial charge in [0, 0.05) is 18.8 Å². The quantitative estimate of drug-likeness (QED) is 0.839. The maximum absolute atomic E-state index is 3.34. The summed E-state index contributed by atoms with van der Waals surface area (Å²) < 4.78 is 0. The standard InChI is InChI=1S/C17H28N2/c1-4-11-19(12-5-2)15-9-10-16-14(13-15)7-6-8-17(16)18-3/h6-8,15,18H,4-5,9-13H2,1-3H3. The molecule has 0 saturated carbocycles. The Morgan fingerprint density at radius 1 is 1.21 bits per heavy atom. The maximum atomic E-state index is 3.34. The summed E-state index contributed by atoms with van der Waals surface area (Å²) >= 11 is 0. The van der Waals surface area contributed by atoms with Gasteiger partial charge in [0.25, 0.3) is 0 Å². The summed E-state index contributed by atoms with van der Waals surface area (Å²) in [6, 6.07) is 7.46. The van der Waals surface area contributed by atoms with Gasteiger partial charge in [0.1, 0.15) is 0 Å². The van der Waals surface area contributed by atoms with Crippen LogP contribution in [0.2, 0.25) is 0 Å². The van der Waals surface area contributed by atoms with Crippen LogP contribution in [-0.4, -0.2) is 31.1 Å². The highest BCUT2D eigenvalue weighted by atomic mass is 15.1. The number of anilines is 1. The van der Waals surface area contributed by atoms with Crippen molar-refractivity contribution in [2.45, 2.75) is 52.0 Å². The number of hydrogen-bond acceptors (Lipinski definition) is 2. The molecule has 1 unspecified atom stereocenters. The zero-order valence-electron chi connectivity index (χ0n) is 12.7. The van der Waals surface area contributed by atoms with Crippen LogP contribution in [0.1, 0.15) is 44.2 Å². The van der Waals surface area contributed by atoms with Crippen molar-refractivity contribution in [3.8, 4) is 0 Å². The van der Waals surface area contributed by atoms with Crippen molar-refractivity contribution in [2.75, 3.05) is 25.5 Å². The SMILES string of the molecule is CCCN(CCC)C1CCc2c(cccc2NC)C1. The number of rotatable bonds is 6. The molecule has 0 saturated heterocycles. The monoisotopic (exact) mass is 260 g/mol. The summed E-state index contributed by atoms with van der Waals surface area (Å²) in [7, 11) is 2.03. The van der Waals surface area contributed by atoms with E-state index >= 15 is 0 Å². The molecule has 0 amide bonds. The minimum absolute atomic E-state index is 0.750. The number of nitrogens with one attached hydrogen (secondary N) is 1. The third-order valence-corrected chi connectivity index (χ3v) is 4.26. The minimum atomic E-state index is 0.750. The van der Waals surface area contributed by atoms with E-state index in [0.717, 1.165) is 6.04 Å². The van der Waals surface area contributed by atoms with Crippen molar-refractivity contribution >= 4 is 5.69 Å². The molecule has 2 rings (SSSR count). The third kappa shape index (κ3) is 3.30. The Labute approximate surface area is 118 Å². The molecule has 0 heterocycles. The molecule has 106 valence electrons. The predicted molar refractivity (Wildman–Crippen MR) is 84.0 cm³/mol. The normalized spacial score (nSPS) is 18.4. The van der Waals surface area contributed by atoms with Crippen molar-refractivity contribution in [3.63, 3.8) is 0 Å². The first-order chi connectivity index (χ1) is 9.30. The van der Waals surface area contributed by atoms with Crippen LogP contribution < -0.4 is 5.32 Å². The first-order valence-corrected chi connectivity index (χ1v) is 7.82. The van der Waals surface area contributed by atoms with Gasteiger partial charge in [-0.1, -0.05) is 26.0 Å². The molecule has 0 radical (unpaired) electrons. The predicted octanol–water partition coefficient (Wildman–Crippen LogP) is 3.71. The summed E-state index contributed by atoms with van der Waals surface area (Å²) in [6.07, 6.45) is 6.29. The second kappa shape index (κ2) is 6.95. The fraction of sp³-hybridized carbons (Fsp3) is 0.647. The van der Waals surface area contributed by atoms with Gasteiger partial charge in [-0.15, -0.1) is 0 Å². The smallest absolute Gasteiger partial charge is 0.0372 e. The molecule has 2 nitrogen and oxygen atoms in total. The van der Waals surface area contributed by atoms with Crippen LogP contribution in [0.4, 0.5) is 5.69 Å². The Hall–Kier alpha value is -1.02. The summed E-state index contributed by atoms with van der Waals surface area (Å²) in [4.78, 5) is 2.70. The Balaban J connectivity index is 2.12. The van der Waals surface area contributed by atoms with Gasteiger partial charge in [-0.2, -0.15) is 0 Å². The molecule has 0 spiro atoms. The van der Waals surface area contributed by atoms with Crippen molar-refractivity contribution in [2.24, 2.45) is 0 Å². The fourth-order valence-electron chi connectivity index (χ4n) is 3.39. The highest BCUT2D eigenvalue weighted by Gasteiger charge is 2.24. The third-order valence-electron chi connectivity index (χ3n) is 4.26. The maximum Gasteiger partial charge on any atom is 0.0372 e. The lowest BCUT2D eigenvalue weighted by Gasteiger charge is -2.35. The highest BCUT2D eigenvalue weighted by molar-refractivity contribution is 5.55. The van der Waals surface area contributed by atoms with Gasteiger partial charge in [0.2, 0.25) is 0 Å². The second-order valence-electron chi connectivity index (χ2n) is 5.63. The Kier molecular flexibility index (Phi) is 5.26. The Morgan fingerprint density at radius 2 is 1.95 bits per heavy atom. The van der Waals surface area contributed by atoms with Gasteiger partial charge in [0.05, 0.1) is 0 Å². The van der Waals surface area contributed by atoms with E-state index in [1.165, 1.54) is 50.9 Å². The van der Waals surface area contributed by atoms with Crippen LogP contribution in [-0.2, 0) is 12.8 Å². The average molecular weight is 260 g/mol. The molecule has 19 heavy (non-hydrogen) atoms. The highest BCUT2D eigenvalue weighted by Crippen LogP contribution is 2.30. The van der Waals surface area contributed by atoms with E-state index in [0.29, 0.717) is 0 Å². The van der Waals surface area contributed by atoms with E-state index in [1.807, 2.05) is 7.05 Å². The molecule has 1 aromatic rings. The largest absolute Gasteiger partial charge is 0.388 e. The van der Waals surface area contributed by atoms with Crippen molar-refractivity contribution in [1.82, 2.24) is 4.90 Å². The van der Waals surface area contributed by atoms with Gasteiger partial charge in [0.15, 0.2) is 0 Å². The molecular weight excluding hydrogens is 232 g/mol. The molecular formula is C17H28N2. The van der Waals surface area contributed by atoms with Crippen molar-refractivity contribution in [3.05, 3.63) is 29.3 Å². The van der Waals surface area contributed by atoms with E-state index in [1.54, 1.807) is 11.1 Å². The minimum Gasteiger partial charge on any atom is -0.388 e. The molecule has 1 N–H and O–H groups in total. The van der Waals surface area contributed by atoms with Gasteiger partial charge >= 0.3 is 0 Å². The van der Waals surface area contributed by atoms with Crippen LogP contribution in [0.5, 0.6) is 0 Å². The van der Waals surface area contributed by atoms with E-state index in [4.69, 9.17) is 0 Å². The van der Waals surface area contributed by atoms with Gasteiger partial charge in [-0.05, 0) is 62.4 Å². The van der Waals surface area contributed by atoms with E-state index < -0.39 is 0 Å². The molecule has 1 aliphatic rings. The number of hydrogen-bond donors (Lipinski definition) is 1. The second-order valence-corrected chi connectivity index (χ2v) is 5.63.